The number of carbonyl (C=O) groups excluding carboxylic acids is 1. The Labute approximate surface area is 161 Å². The van der Waals surface area contributed by atoms with Gasteiger partial charge in [0.1, 0.15) is 0 Å². The van der Waals surface area contributed by atoms with Crippen LogP contribution in [0.25, 0.3) is 0 Å². The van der Waals surface area contributed by atoms with Crippen LogP contribution in [-0.2, 0) is 21.4 Å². The van der Waals surface area contributed by atoms with E-state index in [2.05, 4.69) is 20.3 Å². The van der Waals surface area contributed by atoms with E-state index in [1.807, 2.05) is 0 Å². The molecule has 1 heterocycles. The second-order valence-corrected chi connectivity index (χ2v) is 7.84. The number of nitrogen functional groups attached to an aromatic ring is 2. The third kappa shape index (κ3) is 5.03. The molecule has 0 bridgehead atoms. The van der Waals surface area contributed by atoms with Crippen molar-refractivity contribution in [2.24, 2.45) is 0 Å². The molecule has 2 aromatic rings. The summed E-state index contributed by atoms with van der Waals surface area (Å²) < 4.78 is 30.9. The molecule has 1 aromatic carbocycles. The summed E-state index contributed by atoms with van der Waals surface area (Å²) in [6.45, 7) is -0.379. The Morgan fingerprint density at radius 1 is 1.21 bits per heavy atom. The second kappa shape index (κ2) is 8.77. The van der Waals surface area contributed by atoms with Crippen LogP contribution >= 0.6 is 0 Å². The van der Waals surface area contributed by atoms with E-state index in [1.165, 1.54) is 32.3 Å². The Morgan fingerprint density at radius 3 is 2.43 bits per heavy atom. The van der Waals surface area contributed by atoms with Gasteiger partial charge in [0.2, 0.25) is 21.9 Å². The van der Waals surface area contributed by atoms with Crippen LogP contribution in [-0.4, -0.2) is 66.0 Å². The number of nitrogens with two attached hydrogens (primary N) is 2. The van der Waals surface area contributed by atoms with E-state index < -0.39 is 16.0 Å². The van der Waals surface area contributed by atoms with E-state index in [0.29, 0.717) is 5.69 Å². The predicted octanol–water partition coefficient (Wildman–Crippen LogP) is -0.952. The summed E-state index contributed by atoms with van der Waals surface area (Å²) in [5, 5.41) is 11.8. The van der Waals surface area contributed by atoms with Gasteiger partial charge in [-0.1, -0.05) is 0 Å². The maximum Gasteiger partial charge on any atom is 0.340 e. The number of aliphatic hydroxyl groups excluding tert-OH is 1. The first-order valence-electron chi connectivity index (χ1n) is 7.99. The Bertz CT molecular complexity index is 945. The Balaban J connectivity index is 2.32. The lowest BCUT2D eigenvalue weighted by atomic mass is 10.2. The number of esters is 1. The van der Waals surface area contributed by atoms with E-state index in [1.54, 1.807) is 0 Å². The zero-order chi connectivity index (χ0) is 20.9. The van der Waals surface area contributed by atoms with Gasteiger partial charge in [-0.2, -0.15) is 15.0 Å². The fraction of sp³-hybridized carbons (Fsp3) is 0.333. The highest BCUT2D eigenvalue weighted by Crippen LogP contribution is 2.23. The van der Waals surface area contributed by atoms with Gasteiger partial charge in [0.25, 0.3) is 0 Å². The number of hydrogen-bond donors (Lipinski definition) is 4. The van der Waals surface area contributed by atoms with Gasteiger partial charge in [-0.25, -0.2) is 17.5 Å². The summed E-state index contributed by atoms with van der Waals surface area (Å²) >= 11 is 0. The van der Waals surface area contributed by atoms with Crippen molar-refractivity contribution >= 4 is 33.6 Å². The quantitative estimate of drug-likeness (QED) is 0.392. The summed E-state index contributed by atoms with van der Waals surface area (Å²) in [5.41, 5.74) is 11.2. The summed E-state index contributed by atoms with van der Waals surface area (Å²) in [4.78, 5) is 23.7. The van der Waals surface area contributed by atoms with Gasteiger partial charge in [-0.05, 0) is 18.2 Å². The molecule has 1 aromatic heterocycles. The average molecular weight is 411 g/mol. The molecule has 0 atom stereocenters. The minimum absolute atomic E-state index is 0.0358. The molecule has 2 rings (SSSR count). The maximum absolute atomic E-state index is 12.6. The van der Waals surface area contributed by atoms with Gasteiger partial charge >= 0.3 is 5.97 Å². The van der Waals surface area contributed by atoms with Gasteiger partial charge < -0.3 is 26.6 Å². The summed E-state index contributed by atoms with van der Waals surface area (Å²) in [7, 11) is -1.01. The third-order valence-corrected chi connectivity index (χ3v) is 5.28. The van der Waals surface area contributed by atoms with Gasteiger partial charge in [-0.3, -0.25) is 0 Å². The molecule has 6 N–H and O–H groups in total. The van der Waals surface area contributed by atoms with E-state index in [-0.39, 0.29) is 47.9 Å². The lowest BCUT2D eigenvalue weighted by molar-refractivity contribution is 0.0463. The van der Waals surface area contributed by atoms with Crippen LogP contribution in [0.5, 0.6) is 0 Å². The molecule has 12 nitrogen and oxygen atoms in total. The van der Waals surface area contributed by atoms with E-state index in [0.717, 1.165) is 4.31 Å². The van der Waals surface area contributed by atoms with Gasteiger partial charge in [-0.15, -0.1) is 0 Å². The number of carbonyl (C=O) groups is 1. The summed E-state index contributed by atoms with van der Waals surface area (Å²) in [6.07, 6.45) is 0. The molecule has 152 valence electrons. The number of hydrogen-bond acceptors (Lipinski definition) is 11. The Kier molecular flexibility index (Phi) is 6.66. The maximum atomic E-state index is 12.6. The van der Waals surface area contributed by atoms with Crippen LogP contribution in [0, 0.1) is 0 Å². The van der Waals surface area contributed by atoms with Crippen molar-refractivity contribution in [1.82, 2.24) is 19.3 Å². The first-order chi connectivity index (χ1) is 13.1. The summed E-state index contributed by atoms with van der Waals surface area (Å²) in [5.74, 6) is -1.03. The normalized spacial score (nSPS) is 11.4. The lowest BCUT2D eigenvalue weighted by Gasteiger charge is -2.15. The van der Waals surface area contributed by atoms with Crippen LogP contribution in [0.1, 0.15) is 16.2 Å². The van der Waals surface area contributed by atoms with Gasteiger partial charge in [0.05, 0.1) is 17.1 Å². The highest BCUT2D eigenvalue weighted by atomic mass is 32.2. The first kappa shape index (κ1) is 21.3. The number of benzene rings is 1. The van der Waals surface area contributed by atoms with E-state index >= 15 is 0 Å². The molecule has 0 spiro atoms. The number of anilines is 3. The molecule has 0 aliphatic rings. The van der Waals surface area contributed by atoms with E-state index in [4.69, 9.17) is 21.3 Å². The highest BCUT2D eigenvalue weighted by molar-refractivity contribution is 7.89. The van der Waals surface area contributed by atoms with Crippen LogP contribution in [0.3, 0.4) is 0 Å². The minimum Gasteiger partial charge on any atom is -0.454 e. The number of nitrogens with zero attached hydrogens (tertiary/aromatic N) is 4. The average Bonchev–Trinajstić information content (AvgIpc) is 2.63. The molecule has 0 aliphatic carbocycles. The van der Waals surface area contributed by atoms with Crippen molar-refractivity contribution in [3.63, 3.8) is 0 Å². The van der Waals surface area contributed by atoms with Crippen molar-refractivity contribution in [1.29, 1.82) is 0 Å². The third-order valence-electron chi connectivity index (χ3n) is 3.47. The van der Waals surface area contributed by atoms with Crippen LogP contribution in [0.2, 0.25) is 0 Å². The predicted molar refractivity (Wildman–Crippen MR) is 101 cm³/mol. The second-order valence-electron chi connectivity index (χ2n) is 5.69. The fourth-order valence-electron chi connectivity index (χ4n) is 2.14. The first-order valence-corrected chi connectivity index (χ1v) is 9.43. The van der Waals surface area contributed by atoms with Crippen LogP contribution < -0.4 is 16.8 Å². The van der Waals surface area contributed by atoms with Crippen molar-refractivity contribution < 1.29 is 23.1 Å². The van der Waals surface area contributed by atoms with Gasteiger partial charge in [0, 0.05) is 26.3 Å². The molecule has 0 amide bonds. The lowest BCUT2D eigenvalue weighted by Crippen LogP contribution is -2.23. The number of aromatic nitrogens is 3. The monoisotopic (exact) mass is 411 g/mol. The van der Waals surface area contributed by atoms with Crippen LogP contribution in [0.4, 0.5) is 17.6 Å². The number of aliphatic hydroxyl groups is 1. The largest absolute Gasteiger partial charge is 0.454 e. The Hall–Kier alpha value is -3.03. The molecular formula is C15H21N7O5S. The standard InChI is InChI=1S/C15H21N7O5S/c1-22(2)28(25,26)9-3-4-11(18-5-6-23)10(7-9)13(24)27-8-12-19-14(16)21-15(17)20-12/h3-4,7,18,23H,5-6,8H2,1-2H3,(H4,16,17,19,20,21). The number of rotatable bonds is 8. The van der Waals surface area contributed by atoms with Crippen molar-refractivity contribution in [2.75, 3.05) is 44.0 Å². The molecule has 0 unspecified atom stereocenters. The van der Waals surface area contributed by atoms with Crippen LogP contribution in [0.15, 0.2) is 23.1 Å². The molecule has 0 fully saturated rings. The summed E-state index contributed by atoms with van der Waals surface area (Å²) in [6, 6.07) is 3.95. The molecule has 0 saturated carbocycles. The number of nitrogens with one attached hydrogen (secondary N) is 1. The number of sulfonamides is 1. The molecular weight excluding hydrogens is 390 g/mol. The highest BCUT2D eigenvalue weighted by Gasteiger charge is 2.22. The minimum atomic E-state index is -3.77. The van der Waals surface area contributed by atoms with Crippen molar-refractivity contribution in [3.8, 4) is 0 Å². The smallest absolute Gasteiger partial charge is 0.340 e. The van der Waals surface area contributed by atoms with E-state index in [9.17, 15) is 13.2 Å². The molecule has 0 aliphatic heterocycles. The van der Waals surface area contributed by atoms with Gasteiger partial charge in [0.15, 0.2) is 12.4 Å². The molecule has 28 heavy (non-hydrogen) atoms. The molecule has 0 saturated heterocycles. The topological polar surface area (TPSA) is 187 Å². The fourth-order valence-corrected chi connectivity index (χ4v) is 3.07. The Morgan fingerprint density at radius 2 is 1.86 bits per heavy atom. The van der Waals surface area contributed by atoms with Crippen molar-refractivity contribution in [2.45, 2.75) is 11.5 Å². The zero-order valence-electron chi connectivity index (χ0n) is 15.3. The number of ether oxygens (including phenoxy) is 1. The molecule has 0 radical (unpaired) electrons. The van der Waals surface area contributed by atoms with Crippen molar-refractivity contribution in [3.05, 3.63) is 29.6 Å². The molecule has 13 heteroatoms. The SMILES string of the molecule is CN(C)S(=O)(=O)c1ccc(NCCO)c(C(=O)OCc2nc(N)nc(N)n2)c1. The zero-order valence-corrected chi connectivity index (χ0v) is 16.1.